The Hall–Kier alpha value is -3.69. The molecule has 1 aliphatic rings. The fraction of sp³-hybridized carbons (Fsp3) is 0.188. The number of fused-ring (bicyclic) bond motifs is 3. The number of rotatable bonds is 3. The number of ether oxygens (including phenoxy) is 2. The van der Waals surface area contributed by atoms with Crippen molar-refractivity contribution in [2.45, 2.75) is 13.5 Å². The highest BCUT2D eigenvalue weighted by Crippen LogP contribution is 2.37. The molecule has 1 aliphatic heterocycles. The number of anilines is 2. The molecular formula is C16H14N6O4. The summed E-state index contributed by atoms with van der Waals surface area (Å²) in [6, 6.07) is 3.29. The summed E-state index contributed by atoms with van der Waals surface area (Å²) >= 11 is 0. The third-order valence-electron chi connectivity index (χ3n) is 3.94. The molecule has 3 aromatic rings. The number of nitrogens with zero attached hydrogens (tertiary/aromatic N) is 4. The van der Waals surface area contributed by atoms with E-state index < -0.39 is 5.91 Å². The molecule has 10 heteroatoms. The Morgan fingerprint density at radius 1 is 1.31 bits per heavy atom. The van der Waals surface area contributed by atoms with Crippen LogP contribution in [0.3, 0.4) is 0 Å². The lowest BCUT2D eigenvalue weighted by molar-refractivity contribution is 0.102. The molecule has 10 nitrogen and oxygen atoms in total. The van der Waals surface area contributed by atoms with Crippen LogP contribution in [-0.4, -0.2) is 32.2 Å². The van der Waals surface area contributed by atoms with Crippen molar-refractivity contribution in [2.75, 3.05) is 17.8 Å². The molecule has 3 N–H and O–H groups in total. The third-order valence-corrected chi connectivity index (χ3v) is 3.94. The van der Waals surface area contributed by atoms with E-state index in [2.05, 4.69) is 20.3 Å². The van der Waals surface area contributed by atoms with Crippen LogP contribution < -0.4 is 26.1 Å². The fourth-order valence-electron chi connectivity index (χ4n) is 2.67. The highest BCUT2D eigenvalue weighted by molar-refractivity contribution is 6.03. The number of amides is 1. The van der Waals surface area contributed by atoms with Gasteiger partial charge in [0.1, 0.15) is 5.52 Å². The average molecular weight is 354 g/mol. The van der Waals surface area contributed by atoms with Crippen molar-refractivity contribution in [3.05, 3.63) is 40.4 Å². The van der Waals surface area contributed by atoms with Gasteiger partial charge in [-0.25, -0.2) is 15.0 Å². The first-order chi connectivity index (χ1) is 12.6. The van der Waals surface area contributed by atoms with Crippen molar-refractivity contribution >= 4 is 28.7 Å². The fourth-order valence-corrected chi connectivity index (χ4v) is 2.67. The molecule has 0 unspecified atom stereocenters. The molecule has 1 aromatic carbocycles. The number of carbonyl (C=O) groups excluding carboxylic acids is 1. The van der Waals surface area contributed by atoms with E-state index >= 15 is 0 Å². The van der Waals surface area contributed by atoms with Crippen LogP contribution in [0.15, 0.2) is 29.3 Å². The third kappa shape index (κ3) is 2.48. The van der Waals surface area contributed by atoms with Crippen LogP contribution in [0.1, 0.15) is 17.3 Å². The van der Waals surface area contributed by atoms with Crippen LogP contribution in [0.2, 0.25) is 0 Å². The Kier molecular flexibility index (Phi) is 3.64. The van der Waals surface area contributed by atoms with Crippen LogP contribution in [-0.2, 0) is 6.54 Å². The quantitative estimate of drug-likeness (QED) is 0.704. The zero-order chi connectivity index (χ0) is 18.3. The van der Waals surface area contributed by atoms with Crippen LogP contribution in [0.25, 0.3) is 10.9 Å². The lowest BCUT2D eigenvalue weighted by atomic mass is 10.2. The number of aromatic nitrogens is 4. The van der Waals surface area contributed by atoms with Crippen molar-refractivity contribution in [1.82, 2.24) is 19.5 Å². The summed E-state index contributed by atoms with van der Waals surface area (Å²) in [6.07, 6.45) is 2.59. The Balaban J connectivity index is 1.82. The summed E-state index contributed by atoms with van der Waals surface area (Å²) in [5.41, 5.74) is 5.65. The smallest absolute Gasteiger partial charge is 0.262 e. The first kappa shape index (κ1) is 15.8. The molecular weight excluding hydrogens is 340 g/mol. The monoisotopic (exact) mass is 354 g/mol. The van der Waals surface area contributed by atoms with Crippen molar-refractivity contribution < 1.29 is 14.3 Å². The van der Waals surface area contributed by atoms with Crippen molar-refractivity contribution in [3.63, 3.8) is 0 Å². The highest BCUT2D eigenvalue weighted by Gasteiger charge is 2.22. The predicted molar refractivity (Wildman–Crippen MR) is 92.2 cm³/mol. The summed E-state index contributed by atoms with van der Waals surface area (Å²) in [5.74, 6) is 0.527. The minimum Gasteiger partial charge on any atom is -0.454 e. The molecule has 0 bridgehead atoms. The van der Waals surface area contributed by atoms with E-state index in [4.69, 9.17) is 15.2 Å². The summed E-state index contributed by atoms with van der Waals surface area (Å²) in [7, 11) is 0. The van der Waals surface area contributed by atoms with E-state index in [1.54, 1.807) is 19.1 Å². The number of carbonyl (C=O) groups is 1. The Morgan fingerprint density at radius 2 is 2.08 bits per heavy atom. The average Bonchev–Trinajstić information content (AvgIpc) is 3.11. The van der Waals surface area contributed by atoms with E-state index in [1.807, 2.05) is 0 Å². The van der Waals surface area contributed by atoms with Gasteiger partial charge in [-0.15, -0.1) is 0 Å². The number of hydrogen-bond donors (Lipinski definition) is 2. The summed E-state index contributed by atoms with van der Waals surface area (Å²) in [4.78, 5) is 37.2. The van der Waals surface area contributed by atoms with Crippen molar-refractivity contribution in [1.29, 1.82) is 0 Å². The molecule has 132 valence electrons. The second kappa shape index (κ2) is 5.99. The van der Waals surface area contributed by atoms with Gasteiger partial charge in [0.25, 0.3) is 11.5 Å². The van der Waals surface area contributed by atoms with E-state index in [9.17, 15) is 9.59 Å². The normalized spacial score (nSPS) is 12.3. The van der Waals surface area contributed by atoms with Crippen LogP contribution in [0.5, 0.6) is 11.5 Å². The largest absolute Gasteiger partial charge is 0.454 e. The van der Waals surface area contributed by atoms with Gasteiger partial charge in [-0.1, -0.05) is 0 Å². The topological polar surface area (TPSA) is 134 Å². The Labute approximate surface area is 146 Å². The summed E-state index contributed by atoms with van der Waals surface area (Å²) < 4.78 is 12.1. The van der Waals surface area contributed by atoms with Gasteiger partial charge < -0.3 is 15.2 Å². The maximum absolute atomic E-state index is 12.8. The van der Waals surface area contributed by atoms with Crippen LogP contribution in [0, 0.1) is 0 Å². The van der Waals surface area contributed by atoms with Gasteiger partial charge in [0.15, 0.2) is 11.5 Å². The zero-order valence-electron chi connectivity index (χ0n) is 13.7. The molecule has 2 aromatic heterocycles. The van der Waals surface area contributed by atoms with Gasteiger partial charge in [-0.05, 0) is 19.1 Å². The van der Waals surface area contributed by atoms with E-state index in [-0.39, 0.29) is 29.8 Å². The van der Waals surface area contributed by atoms with Crippen molar-refractivity contribution in [2.24, 2.45) is 0 Å². The maximum atomic E-state index is 12.8. The summed E-state index contributed by atoms with van der Waals surface area (Å²) in [6.45, 7) is 2.16. The number of hydrogen-bond acceptors (Lipinski definition) is 8. The number of nitrogens with two attached hydrogens (primary N) is 1. The first-order valence-electron chi connectivity index (χ1n) is 7.80. The van der Waals surface area contributed by atoms with Gasteiger partial charge in [0.2, 0.25) is 18.7 Å². The van der Waals surface area contributed by atoms with Gasteiger partial charge >= 0.3 is 0 Å². The van der Waals surface area contributed by atoms with Gasteiger partial charge in [0, 0.05) is 18.9 Å². The molecule has 3 heterocycles. The Morgan fingerprint density at radius 3 is 2.81 bits per heavy atom. The molecule has 0 radical (unpaired) electrons. The van der Waals surface area contributed by atoms with E-state index in [0.29, 0.717) is 28.9 Å². The second-order valence-corrected chi connectivity index (χ2v) is 5.46. The summed E-state index contributed by atoms with van der Waals surface area (Å²) in [5, 5.41) is 3.00. The lowest BCUT2D eigenvalue weighted by Gasteiger charge is -2.13. The first-order valence-corrected chi connectivity index (χ1v) is 7.80. The van der Waals surface area contributed by atoms with Crippen molar-refractivity contribution in [3.8, 4) is 11.5 Å². The molecule has 26 heavy (non-hydrogen) atoms. The molecule has 0 aliphatic carbocycles. The second-order valence-electron chi connectivity index (χ2n) is 5.46. The molecule has 4 rings (SSSR count). The standard InChI is InChI=1S/C16H14N6O4/c1-2-22-14(24)9-3-4-10-12(26-7-25-10)11(9)20-16(22)21-13(23)8-5-18-15(17)19-6-8/h3-6H,2,7H2,1H3,(H2,17,18,19)(H,20,21,23). The predicted octanol–water partition coefficient (Wildman–Crippen LogP) is 0.770. The van der Waals surface area contributed by atoms with Crippen LogP contribution >= 0.6 is 0 Å². The SMILES string of the molecule is CCn1c(NC(=O)c2cnc(N)nc2)nc2c3c(ccc2c1=O)OCO3. The lowest BCUT2D eigenvalue weighted by Crippen LogP contribution is -2.27. The molecule has 0 saturated heterocycles. The van der Waals surface area contributed by atoms with Gasteiger partial charge in [-0.3, -0.25) is 19.5 Å². The number of benzene rings is 1. The maximum Gasteiger partial charge on any atom is 0.262 e. The molecule has 1 amide bonds. The zero-order valence-corrected chi connectivity index (χ0v) is 13.7. The van der Waals surface area contributed by atoms with Gasteiger partial charge in [0.05, 0.1) is 10.9 Å². The number of nitrogen functional groups attached to an aromatic ring is 1. The number of nitrogens with one attached hydrogen (secondary N) is 1. The van der Waals surface area contributed by atoms with Gasteiger partial charge in [-0.2, -0.15) is 0 Å². The minimum atomic E-state index is -0.511. The van der Waals surface area contributed by atoms with E-state index in [1.165, 1.54) is 17.0 Å². The Bertz CT molecular complexity index is 1080. The molecule has 0 spiro atoms. The molecule has 0 saturated carbocycles. The highest BCUT2D eigenvalue weighted by atomic mass is 16.7. The molecule has 0 fully saturated rings. The molecule has 0 atom stereocenters. The minimum absolute atomic E-state index is 0.0530. The van der Waals surface area contributed by atoms with Crippen LogP contribution in [0.4, 0.5) is 11.9 Å². The van der Waals surface area contributed by atoms with E-state index in [0.717, 1.165) is 0 Å².